The summed E-state index contributed by atoms with van der Waals surface area (Å²) in [6.07, 6.45) is 6.00. The van der Waals surface area contributed by atoms with Gasteiger partial charge in [-0.25, -0.2) is 0 Å². The molecule has 5 unspecified atom stereocenters. The van der Waals surface area contributed by atoms with E-state index in [4.69, 9.17) is 4.74 Å². The molecule has 1 saturated heterocycles. The molecule has 20 heavy (non-hydrogen) atoms. The van der Waals surface area contributed by atoms with Crippen LogP contribution in [0.2, 0.25) is 0 Å². The van der Waals surface area contributed by atoms with Crippen LogP contribution in [0, 0.1) is 23.2 Å². The fourth-order valence-electron chi connectivity index (χ4n) is 5.08. The molecule has 0 aromatic carbocycles. The summed E-state index contributed by atoms with van der Waals surface area (Å²) in [6.45, 7) is 7.95. The molecule has 0 aromatic rings. The highest BCUT2D eigenvalue weighted by Crippen LogP contribution is 2.63. The van der Waals surface area contributed by atoms with E-state index in [1.165, 1.54) is 6.42 Å². The lowest BCUT2D eigenvalue weighted by Gasteiger charge is -2.37. The summed E-state index contributed by atoms with van der Waals surface area (Å²) in [7, 11) is 0. The molecule has 3 heteroatoms. The van der Waals surface area contributed by atoms with Crippen molar-refractivity contribution in [1.29, 1.82) is 0 Å². The van der Waals surface area contributed by atoms with Gasteiger partial charge >= 0.3 is 5.97 Å². The van der Waals surface area contributed by atoms with Crippen LogP contribution in [0.15, 0.2) is 0 Å². The Labute approximate surface area is 122 Å². The van der Waals surface area contributed by atoms with Crippen molar-refractivity contribution in [2.45, 2.75) is 77.4 Å². The minimum Gasteiger partial charge on any atom is -0.458 e. The molecule has 3 nitrogen and oxygen atoms in total. The number of carbonyl (C=O) groups excluding carboxylic acids is 1. The summed E-state index contributed by atoms with van der Waals surface area (Å²) < 4.78 is 5.93. The summed E-state index contributed by atoms with van der Waals surface area (Å²) in [4.78, 5) is 12.2. The fraction of sp³-hybridized carbons (Fsp3) is 0.941. The number of fused-ring (bicyclic) bond motifs is 3. The smallest absolute Gasteiger partial charge is 0.312 e. The molecule has 1 spiro atoms. The van der Waals surface area contributed by atoms with E-state index in [0.717, 1.165) is 32.1 Å². The van der Waals surface area contributed by atoms with Gasteiger partial charge in [0.1, 0.15) is 5.60 Å². The van der Waals surface area contributed by atoms with Crippen molar-refractivity contribution in [3.8, 4) is 0 Å². The summed E-state index contributed by atoms with van der Waals surface area (Å²) >= 11 is 0. The summed E-state index contributed by atoms with van der Waals surface area (Å²) in [6, 6.07) is 0. The molecule has 2 aliphatic carbocycles. The number of aliphatic hydroxyl groups is 1. The van der Waals surface area contributed by atoms with Gasteiger partial charge in [0.05, 0.1) is 11.0 Å². The average molecular weight is 280 g/mol. The third kappa shape index (κ3) is 2.09. The van der Waals surface area contributed by atoms with Crippen LogP contribution >= 0.6 is 0 Å². The molecule has 5 atom stereocenters. The maximum atomic E-state index is 12.2. The average Bonchev–Trinajstić information content (AvgIpc) is 2.90. The SMILES string of the molecule is CCC1(C)CC2(CC3CC2CC3CC(C)(C)O)OC1=O. The molecule has 0 aromatic heterocycles. The molecule has 0 amide bonds. The van der Waals surface area contributed by atoms with Crippen molar-refractivity contribution in [3.05, 3.63) is 0 Å². The molecule has 2 bridgehead atoms. The highest BCUT2D eigenvalue weighted by molar-refractivity contribution is 5.79. The molecule has 1 aliphatic heterocycles. The molecule has 2 saturated carbocycles. The Bertz CT molecular complexity index is 424. The van der Waals surface area contributed by atoms with E-state index in [1.54, 1.807) is 0 Å². The van der Waals surface area contributed by atoms with Gasteiger partial charge < -0.3 is 9.84 Å². The first-order valence-electron chi connectivity index (χ1n) is 8.13. The van der Waals surface area contributed by atoms with Crippen LogP contribution in [0.3, 0.4) is 0 Å². The van der Waals surface area contributed by atoms with Gasteiger partial charge in [0, 0.05) is 6.42 Å². The maximum absolute atomic E-state index is 12.2. The second-order valence-corrected chi connectivity index (χ2v) is 8.45. The fourth-order valence-corrected chi connectivity index (χ4v) is 5.08. The van der Waals surface area contributed by atoms with Crippen molar-refractivity contribution in [2.75, 3.05) is 0 Å². The van der Waals surface area contributed by atoms with E-state index >= 15 is 0 Å². The molecular formula is C17H28O3. The quantitative estimate of drug-likeness (QED) is 0.807. The van der Waals surface area contributed by atoms with Gasteiger partial charge in [-0.05, 0) is 70.6 Å². The van der Waals surface area contributed by atoms with Gasteiger partial charge in [-0.1, -0.05) is 6.92 Å². The number of hydrogen-bond donors (Lipinski definition) is 1. The first-order chi connectivity index (χ1) is 9.17. The van der Waals surface area contributed by atoms with Crippen LogP contribution in [0.4, 0.5) is 0 Å². The molecule has 1 heterocycles. The van der Waals surface area contributed by atoms with Gasteiger partial charge in [0.25, 0.3) is 0 Å². The molecular weight excluding hydrogens is 252 g/mol. The Kier molecular flexibility index (Phi) is 3.03. The molecule has 114 valence electrons. The first kappa shape index (κ1) is 14.4. The number of rotatable bonds is 3. The monoisotopic (exact) mass is 280 g/mol. The Hall–Kier alpha value is -0.570. The zero-order valence-electron chi connectivity index (χ0n) is 13.2. The van der Waals surface area contributed by atoms with Crippen LogP contribution in [0.5, 0.6) is 0 Å². The Morgan fingerprint density at radius 2 is 2.10 bits per heavy atom. The largest absolute Gasteiger partial charge is 0.458 e. The topological polar surface area (TPSA) is 46.5 Å². The summed E-state index contributed by atoms with van der Waals surface area (Å²) in [5, 5.41) is 10.0. The molecule has 3 rings (SSSR count). The Balaban J connectivity index is 1.72. The maximum Gasteiger partial charge on any atom is 0.312 e. The van der Waals surface area contributed by atoms with Crippen LogP contribution in [0.25, 0.3) is 0 Å². The molecule has 3 aliphatic rings. The normalized spacial score (nSPS) is 47.2. The zero-order chi connectivity index (χ0) is 14.8. The van der Waals surface area contributed by atoms with Gasteiger partial charge in [-0.15, -0.1) is 0 Å². The number of ether oxygens (including phenoxy) is 1. The van der Waals surface area contributed by atoms with Crippen molar-refractivity contribution >= 4 is 5.97 Å². The lowest BCUT2D eigenvalue weighted by molar-refractivity contribution is -0.157. The molecule has 1 N–H and O–H groups in total. The summed E-state index contributed by atoms with van der Waals surface area (Å²) in [5.41, 5.74) is -1.01. The van der Waals surface area contributed by atoms with E-state index in [1.807, 2.05) is 13.8 Å². The minimum absolute atomic E-state index is 0.0200. The molecule has 0 radical (unpaired) electrons. The van der Waals surface area contributed by atoms with Gasteiger partial charge in [0.2, 0.25) is 0 Å². The zero-order valence-corrected chi connectivity index (χ0v) is 13.2. The van der Waals surface area contributed by atoms with Crippen LogP contribution < -0.4 is 0 Å². The predicted molar refractivity (Wildman–Crippen MR) is 77.1 cm³/mol. The Morgan fingerprint density at radius 1 is 1.40 bits per heavy atom. The van der Waals surface area contributed by atoms with Crippen molar-refractivity contribution in [1.82, 2.24) is 0 Å². The first-order valence-corrected chi connectivity index (χ1v) is 8.13. The lowest BCUT2D eigenvalue weighted by atomic mass is 9.70. The van der Waals surface area contributed by atoms with E-state index in [0.29, 0.717) is 17.8 Å². The standard InChI is InChI=1S/C17H28O3/c1-5-16(4)10-17(20-14(16)18)9-12-7-13(17)6-11(12)8-15(2,3)19/h11-13,19H,5-10H2,1-4H3. The highest BCUT2D eigenvalue weighted by Gasteiger charge is 2.64. The lowest BCUT2D eigenvalue weighted by Crippen LogP contribution is -2.39. The summed E-state index contributed by atoms with van der Waals surface area (Å²) in [5.74, 6) is 1.79. The van der Waals surface area contributed by atoms with E-state index < -0.39 is 5.60 Å². The third-order valence-corrected chi connectivity index (χ3v) is 6.21. The van der Waals surface area contributed by atoms with Gasteiger partial charge in [0.15, 0.2) is 0 Å². The van der Waals surface area contributed by atoms with E-state index in [-0.39, 0.29) is 17.0 Å². The van der Waals surface area contributed by atoms with E-state index in [9.17, 15) is 9.90 Å². The number of hydrogen-bond acceptors (Lipinski definition) is 3. The number of carbonyl (C=O) groups is 1. The van der Waals surface area contributed by atoms with Crippen LogP contribution in [-0.2, 0) is 9.53 Å². The predicted octanol–water partition coefficient (Wildman–Crippen LogP) is 3.30. The molecule has 3 fully saturated rings. The second-order valence-electron chi connectivity index (χ2n) is 8.45. The Morgan fingerprint density at radius 3 is 2.55 bits per heavy atom. The third-order valence-electron chi connectivity index (χ3n) is 6.21. The minimum atomic E-state index is -0.577. The van der Waals surface area contributed by atoms with E-state index in [2.05, 4.69) is 13.8 Å². The van der Waals surface area contributed by atoms with Gasteiger partial charge in [-0.3, -0.25) is 4.79 Å². The van der Waals surface area contributed by atoms with Crippen LogP contribution in [-0.4, -0.2) is 22.3 Å². The second kappa shape index (κ2) is 4.22. The number of esters is 1. The van der Waals surface area contributed by atoms with Crippen molar-refractivity contribution in [3.63, 3.8) is 0 Å². The van der Waals surface area contributed by atoms with Crippen molar-refractivity contribution < 1.29 is 14.6 Å². The van der Waals surface area contributed by atoms with Crippen molar-refractivity contribution in [2.24, 2.45) is 23.2 Å². The van der Waals surface area contributed by atoms with Gasteiger partial charge in [-0.2, -0.15) is 0 Å². The highest BCUT2D eigenvalue weighted by atomic mass is 16.6. The van der Waals surface area contributed by atoms with Crippen LogP contribution in [0.1, 0.15) is 66.2 Å².